The van der Waals surface area contributed by atoms with Gasteiger partial charge in [0.2, 0.25) is 0 Å². The van der Waals surface area contributed by atoms with E-state index in [1.807, 2.05) is 0 Å². The van der Waals surface area contributed by atoms with Gasteiger partial charge in [-0.2, -0.15) is 0 Å². The Hall–Kier alpha value is -0.120. The molecule has 0 radical (unpaired) electrons. The summed E-state index contributed by atoms with van der Waals surface area (Å²) in [6.45, 7) is 3.22. The van der Waals surface area contributed by atoms with E-state index in [1.165, 1.54) is 19.3 Å². The molecule has 3 fully saturated rings. The molecule has 2 saturated heterocycles. The highest BCUT2D eigenvalue weighted by atomic mass is 16.5. The molecule has 3 aliphatic rings. The summed E-state index contributed by atoms with van der Waals surface area (Å²) in [5.41, 5.74) is 0. The lowest BCUT2D eigenvalue weighted by Gasteiger charge is -2.40. The largest absolute Gasteiger partial charge is 0.393 e. The van der Waals surface area contributed by atoms with Crippen LogP contribution in [0.1, 0.15) is 45.4 Å². The van der Waals surface area contributed by atoms with Crippen LogP contribution in [0.4, 0.5) is 0 Å². The Labute approximate surface area is 104 Å². The van der Waals surface area contributed by atoms with Gasteiger partial charge in [0, 0.05) is 6.04 Å². The lowest BCUT2D eigenvalue weighted by atomic mass is 9.70. The third-order valence-corrected chi connectivity index (χ3v) is 5.04. The van der Waals surface area contributed by atoms with Crippen molar-refractivity contribution in [1.29, 1.82) is 0 Å². The van der Waals surface area contributed by atoms with Crippen LogP contribution in [0.3, 0.4) is 0 Å². The highest BCUT2D eigenvalue weighted by Crippen LogP contribution is 2.46. The summed E-state index contributed by atoms with van der Waals surface area (Å²) in [5.74, 6) is 1.33. The fourth-order valence-electron chi connectivity index (χ4n) is 4.30. The minimum Gasteiger partial charge on any atom is -0.393 e. The first kappa shape index (κ1) is 11.9. The number of aliphatic hydroxyl groups excluding tert-OH is 1. The number of hydrogen-bond donors (Lipinski definition) is 2. The first-order chi connectivity index (χ1) is 8.28. The van der Waals surface area contributed by atoms with Crippen molar-refractivity contribution in [2.45, 2.75) is 69.8 Å². The van der Waals surface area contributed by atoms with Gasteiger partial charge in [0.25, 0.3) is 0 Å². The molecule has 17 heavy (non-hydrogen) atoms. The molecule has 0 spiro atoms. The molecular formula is C14H25NO2. The van der Waals surface area contributed by atoms with Crippen molar-refractivity contribution in [3.63, 3.8) is 0 Å². The Morgan fingerprint density at radius 2 is 2.00 bits per heavy atom. The lowest BCUT2D eigenvalue weighted by Crippen LogP contribution is -2.47. The second kappa shape index (κ2) is 4.87. The number of nitrogens with one attached hydrogen (secondary N) is 1. The summed E-state index contributed by atoms with van der Waals surface area (Å²) in [6.07, 6.45) is 7.79. The second-order valence-corrected chi connectivity index (χ2v) is 6.07. The van der Waals surface area contributed by atoms with Crippen molar-refractivity contribution in [1.82, 2.24) is 5.32 Å². The van der Waals surface area contributed by atoms with E-state index in [0.717, 1.165) is 25.8 Å². The Bertz CT molecular complexity index is 271. The molecule has 2 bridgehead atoms. The molecule has 1 aliphatic carbocycles. The molecule has 6 atom stereocenters. The monoisotopic (exact) mass is 239 g/mol. The van der Waals surface area contributed by atoms with E-state index in [2.05, 4.69) is 12.2 Å². The third kappa shape index (κ3) is 2.25. The topological polar surface area (TPSA) is 41.5 Å². The molecule has 0 aromatic heterocycles. The smallest absolute Gasteiger partial charge is 0.0612 e. The highest BCUT2D eigenvalue weighted by molar-refractivity contribution is 4.98. The summed E-state index contributed by atoms with van der Waals surface area (Å²) < 4.78 is 5.99. The fraction of sp³-hybridized carbons (Fsp3) is 1.00. The van der Waals surface area contributed by atoms with Crippen molar-refractivity contribution >= 4 is 0 Å². The number of fused-ring (bicyclic) bond motifs is 2. The van der Waals surface area contributed by atoms with Crippen LogP contribution in [0.2, 0.25) is 0 Å². The van der Waals surface area contributed by atoms with E-state index in [1.54, 1.807) is 0 Å². The zero-order chi connectivity index (χ0) is 11.8. The van der Waals surface area contributed by atoms with Crippen molar-refractivity contribution in [3.8, 4) is 0 Å². The summed E-state index contributed by atoms with van der Waals surface area (Å²) in [6, 6.07) is 0.608. The molecule has 2 heterocycles. The Morgan fingerprint density at radius 3 is 2.65 bits per heavy atom. The van der Waals surface area contributed by atoms with Crippen molar-refractivity contribution in [2.24, 2.45) is 11.8 Å². The molecule has 3 rings (SSSR count). The van der Waals surface area contributed by atoms with Crippen LogP contribution in [0.15, 0.2) is 0 Å². The summed E-state index contributed by atoms with van der Waals surface area (Å²) >= 11 is 0. The van der Waals surface area contributed by atoms with Gasteiger partial charge < -0.3 is 15.2 Å². The molecule has 2 aliphatic heterocycles. The second-order valence-electron chi connectivity index (χ2n) is 6.07. The molecule has 98 valence electrons. The predicted molar refractivity (Wildman–Crippen MR) is 66.8 cm³/mol. The predicted octanol–water partition coefficient (Wildman–Crippen LogP) is 1.69. The number of rotatable bonds is 3. The molecule has 0 aromatic rings. The Morgan fingerprint density at radius 1 is 1.12 bits per heavy atom. The average Bonchev–Trinajstić information content (AvgIpc) is 2.93. The highest BCUT2D eigenvalue weighted by Gasteiger charge is 2.47. The minimum absolute atomic E-state index is 0.0750. The quantitative estimate of drug-likeness (QED) is 0.787. The molecule has 3 heteroatoms. The summed E-state index contributed by atoms with van der Waals surface area (Å²) in [5, 5.41) is 13.6. The lowest BCUT2D eigenvalue weighted by molar-refractivity contribution is 0.0291. The van der Waals surface area contributed by atoms with Gasteiger partial charge in [-0.3, -0.25) is 0 Å². The normalized spacial score (nSPS) is 49.8. The van der Waals surface area contributed by atoms with Crippen LogP contribution in [0.5, 0.6) is 0 Å². The first-order valence-electron chi connectivity index (χ1n) is 7.34. The maximum absolute atomic E-state index is 9.93. The van der Waals surface area contributed by atoms with Gasteiger partial charge in [0.1, 0.15) is 0 Å². The molecular weight excluding hydrogens is 214 g/mol. The van der Waals surface area contributed by atoms with E-state index in [-0.39, 0.29) is 6.10 Å². The standard InChI is InChI=1S/C14H25NO2/c1-2-15-13-5-3-9(16)7-11(13)12-8-10-4-6-14(12)17-10/h9-16H,2-8H2,1H3. The molecule has 6 unspecified atom stereocenters. The number of aliphatic hydroxyl groups is 1. The molecule has 3 nitrogen and oxygen atoms in total. The number of hydrogen-bond acceptors (Lipinski definition) is 3. The zero-order valence-electron chi connectivity index (χ0n) is 10.8. The zero-order valence-corrected chi connectivity index (χ0v) is 10.8. The van der Waals surface area contributed by atoms with Gasteiger partial charge >= 0.3 is 0 Å². The Balaban J connectivity index is 1.69. The molecule has 1 saturated carbocycles. The van der Waals surface area contributed by atoms with Gasteiger partial charge in [-0.05, 0) is 56.9 Å². The van der Waals surface area contributed by atoms with Gasteiger partial charge in [-0.1, -0.05) is 6.92 Å². The van der Waals surface area contributed by atoms with E-state index in [4.69, 9.17) is 4.74 Å². The van der Waals surface area contributed by atoms with Crippen LogP contribution in [0, 0.1) is 11.8 Å². The van der Waals surface area contributed by atoms with Crippen molar-refractivity contribution in [2.75, 3.05) is 6.54 Å². The average molecular weight is 239 g/mol. The van der Waals surface area contributed by atoms with Gasteiger partial charge in [0.15, 0.2) is 0 Å². The van der Waals surface area contributed by atoms with Crippen LogP contribution in [0.25, 0.3) is 0 Å². The van der Waals surface area contributed by atoms with E-state index in [0.29, 0.717) is 30.1 Å². The minimum atomic E-state index is -0.0750. The van der Waals surface area contributed by atoms with Crippen molar-refractivity contribution < 1.29 is 9.84 Å². The molecule has 2 N–H and O–H groups in total. The fourth-order valence-corrected chi connectivity index (χ4v) is 4.30. The SMILES string of the molecule is CCNC1CCC(O)CC1C1CC2CCC1O2. The van der Waals surface area contributed by atoms with Crippen LogP contribution in [-0.4, -0.2) is 36.0 Å². The molecule has 0 amide bonds. The van der Waals surface area contributed by atoms with Crippen molar-refractivity contribution in [3.05, 3.63) is 0 Å². The van der Waals surface area contributed by atoms with Crippen LogP contribution >= 0.6 is 0 Å². The maximum atomic E-state index is 9.93. The van der Waals surface area contributed by atoms with Crippen LogP contribution in [-0.2, 0) is 4.74 Å². The van der Waals surface area contributed by atoms with E-state index >= 15 is 0 Å². The summed E-state index contributed by atoms with van der Waals surface area (Å²) in [4.78, 5) is 0. The Kier molecular flexibility index (Phi) is 3.42. The van der Waals surface area contributed by atoms with Crippen LogP contribution < -0.4 is 5.32 Å². The van der Waals surface area contributed by atoms with Gasteiger partial charge in [-0.25, -0.2) is 0 Å². The van der Waals surface area contributed by atoms with E-state index in [9.17, 15) is 5.11 Å². The number of ether oxygens (including phenoxy) is 1. The molecule has 0 aromatic carbocycles. The first-order valence-corrected chi connectivity index (χ1v) is 7.34. The third-order valence-electron chi connectivity index (χ3n) is 5.04. The van der Waals surface area contributed by atoms with Gasteiger partial charge in [0.05, 0.1) is 18.3 Å². The van der Waals surface area contributed by atoms with Gasteiger partial charge in [-0.15, -0.1) is 0 Å². The maximum Gasteiger partial charge on any atom is 0.0612 e. The summed E-state index contributed by atoms with van der Waals surface area (Å²) in [7, 11) is 0. The van der Waals surface area contributed by atoms with E-state index < -0.39 is 0 Å².